The Labute approximate surface area is 85.3 Å². The van der Waals surface area contributed by atoms with Gasteiger partial charge in [-0.2, -0.15) is 0 Å². The second-order valence-electron chi connectivity index (χ2n) is 2.84. The lowest BCUT2D eigenvalue weighted by Gasteiger charge is -2.24. The SMILES string of the molecule is OC[C@@H](O)[C@@H](O)[C@@H](O)C1SCCS1. The van der Waals surface area contributed by atoms with Crippen LogP contribution < -0.4 is 0 Å². The molecule has 4 N–H and O–H groups in total. The van der Waals surface area contributed by atoms with E-state index in [1.807, 2.05) is 0 Å². The molecule has 0 aromatic carbocycles. The van der Waals surface area contributed by atoms with Crippen LogP contribution in [0.15, 0.2) is 0 Å². The van der Waals surface area contributed by atoms with Gasteiger partial charge in [-0.15, -0.1) is 23.5 Å². The summed E-state index contributed by atoms with van der Waals surface area (Å²) in [6.07, 6.45) is -3.48. The third kappa shape index (κ3) is 3.00. The minimum Gasteiger partial charge on any atom is -0.394 e. The second kappa shape index (κ2) is 5.43. The van der Waals surface area contributed by atoms with Crippen LogP contribution in [0.25, 0.3) is 0 Å². The van der Waals surface area contributed by atoms with E-state index < -0.39 is 24.9 Å². The van der Waals surface area contributed by atoms with Crippen molar-refractivity contribution >= 4 is 23.5 Å². The highest BCUT2D eigenvalue weighted by atomic mass is 32.2. The van der Waals surface area contributed by atoms with Crippen molar-refractivity contribution in [2.24, 2.45) is 0 Å². The summed E-state index contributed by atoms with van der Waals surface area (Å²) in [4.78, 5) is 0. The minimum absolute atomic E-state index is 0.0869. The first kappa shape index (κ1) is 11.6. The predicted molar refractivity (Wildman–Crippen MR) is 53.8 cm³/mol. The molecule has 0 radical (unpaired) electrons. The summed E-state index contributed by atoms with van der Waals surface area (Å²) in [5.41, 5.74) is 0. The maximum absolute atomic E-state index is 9.56. The fraction of sp³-hybridized carbons (Fsp3) is 1.00. The van der Waals surface area contributed by atoms with Crippen molar-refractivity contribution in [1.82, 2.24) is 0 Å². The molecule has 0 spiro atoms. The second-order valence-corrected chi connectivity index (χ2v) is 5.64. The van der Waals surface area contributed by atoms with Gasteiger partial charge in [0.2, 0.25) is 0 Å². The van der Waals surface area contributed by atoms with E-state index in [4.69, 9.17) is 10.2 Å². The van der Waals surface area contributed by atoms with Crippen molar-refractivity contribution in [2.75, 3.05) is 18.1 Å². The summed E-state index contributed by atoms with van der Waals surface area (Å²) in [5.74, 6) is 1.91. The van der Waals surface area contributed by atoms with E-state index in [0.717, 1.165) is 11.5 Å². The molecule has 4 nitrogen and oxygen atoms in total. The molecule has 0 aromatic heterocycles. The lowest BCUT2D eigenvalue weighted by atomic mass is 10.1. The van der Waals surface area contributed by atoms with Crippen LogP contribution in [-0.4, -0.2) is 61.4 Å². The van der Waals surface area contributed by atoms with E-state index >= 15 is 0 Å². The van der Waals surface area contributed by atoms with E-state index in [2.05, 4.69) is 0 Å². The highest BCUT2D eigenvalue weighted by Gasteiger charge is 2.33. The van der Waals surface area contributed by atoms with E-state index in [-0.39, 0.29) is 4.58 Å². The third-order valence-electron chi connectivity index (χ3n) is 1.86. The highest BCUT2D eigenvalue weighted by Crippen LogP contribution is 2.35. The fourth-order valence-corrected chi connectivity index (χ4v) is 3.98. The molecular formula is C7H14O4S2. The Balaban J connectivity index is 2.40. The fourth-order valence-electron chi connectivity index (χ4n) is 1.07. The van der Waals surface area contributed by atoms with Crippen LogP contribution in [0.4, 0.5) is 0 Å². The van der Waals surface area contributed by atoms with Gasteiger partial charge in [0.1, 0.15) is 18.3 Å². The zero-order valence-corrected chi connectivity index (χ0v) is 8.67. The molecule has 6 heteroatoms. The summed E-state index contributed by atoms with van der Waals surface area (Å²) in [7, 11) is 0. The van der Waals surface area contributed by atoms with Crippen LogP contribution in [-0.2, 0) is 0 Å². The van der Waals surface area contributed by atoms with E-state index in [1.54, 1.807) is 23.5 Å². The van der Waals surface area contributed by atoms with Crippen molar-refractivity contribution < 1.29 is 20.4 Å². The van der Waals surface area contributed by atoms with E-state index in [1.165, 1.54) is 0 Å². The smallest absolute Gasteiger partial charge is 0.110 e. The first-order valence-electron chi connectivity index (χ1n) is 4.05. The van der Waals surface area contributed by atoms with Crippen molar-refractivity contribution in [1.29, 1.82) is 0 Å². The molecule has 1 fully saturated rings. The van der Waals surface area contributed by atoms with Crippen LogP contribution >= 0.6 is 23.5 Å². The average molecular weight is 226 g/mol. The Morgan fingerprint density at radius 3 is 2.15 bits per heavy atom. The minimum atomic E-state index is -1.26. The van der Waals surface area contributed by atoms with Gasteiger partial charge in [-0.05, 0) is 0 Å². The molecule has 0 aliphatic carbocycles. The molecule has 0 aromatic rings. The van der Waals surface area contributed by atoms with Crippen molar-refractivity contribution in [3.63, 3.8) is 0 Å². The predicted octanol–water partition coefficient (Wildman–Crippen LogP) is -1.13. The van der Waals surface area contributed by atoms with Gasteiger partial charge in [0.05, 0.1) is 11.2 Å². The summed E-state index contributed by atoms with van der Waals surface area (Å²) < 4.78 is -0.0869. The zero-order chi connectivity index (χ0) is 9.84. The Morgan fingerprint density at radius 2 is 1.69 bits per heavy atom. The van der Waals surface area contributed by atoms with Crippen LogP contribution in [0.5, 0.6) is 0 Å². The number of hydrogen-bond acceptors (Lipinski definition) is 6. The number of aliphatic hydroxyl groups excluding tert-OH is 4. The van der Waals surface area contributed by atoms with Crippen molar-refractivity contribution in [3.8, 4) is 0 Å². The van der Waals surface area contributed by atoms with Gasteiger partial charge in [0, 0.05) is 11.5 Å². The summed E-state index contributed by atoms with van der Waals surface area (Å²) >= 11 is 3.13. The Bertz CT molecular complexity index is 151. The molecular weight excluding hydrogens is 212 g/mol. The van der Waals surface area contributed by atoms with Gasteiger partial charge in [-0.25, -0.2) is 0 Å². The number of hydrogen-bond donors (Lipinski definition) is 4. The van der Waals surface area contributed by atoms with Crippen molar-refractivity contribution in [2.45, 2.75) is 22.9 Å². The van der Waals surface area contributed by atoms with Gasteiger partial charge in [0.15, 0.2) is 0 Å². The van der Waals surface area contributed by atoms with Crippen LogP contribution in [0.2, 0.25) is 0 Å². The standard InChI is InChI=1S/C7H14O4S2/c8-3-4(9)5(10)6(11)7-12-1-2-13-7/h4-11H,1-3H2/t4-,5-,6-/m1/s1. The maximum atomic E-state index is 9.56. The topological polar surface area (TPSA) is 80.9 Å². The molecule has 1 rings (SSSR count). The average Bonchev–Trinajstić information content (AvgIpc) is 2.67. The number of rotatable bonds is 4. The third-order valence-corrected chi connectivity index (χ3v) is 5.03. The van der Waals surface area contributed by atoms with Gasteiger partial charge in [-0.1, -0.05) is 0 Å². The normalized spacial score (nSPS) is 25.8. The van der Waals surface area contributed by atoms with E-state index in [9.17, 15) is 10.2 Å². The molecule has 0 unspecified atom stereocenters. The van der Waals surface area contributed by atoms with Crippen LogP contribution in [0.1, 0.15) is 0 Å². The molecule has 1 aliphatic heterocycles. The van der Waals surface area contributed by atoms with Crippen LogP contribution in [0.3, 0.4) is 0 Å². The summed E-state index contributed by atoms with van der Waals surface area (Å²) in [5, 5.41) is 36.6. The molecule has 78 valence electrons. The molecule has 0 saturated carbocycles. The van der Waals surface area contributed by atoms with Crippen LogP contribution in [0, 0.1) is 0 Å². The summed E-state index contributed by atoms with van der Waals surface area (Å²) in [6, 6.07) is 0. The van der Waals surface area contributed by atoms with E-state index in [0.29, 0.717) is 0 Å². The largest absolute Gasteiger partial charge is 0.394 e. The number of aliphatic hydroxyl groups is 4. The Morgan fingerprint density at radius 1 is 1.15 bits per heavy atom. The van der Waals surface area contributed by atoms with Gasteiger partial charge in [0.25, 0.3) is 0 Å². The van der Waals surface area contributed by atoms with Crippen molar-refractivity contribution in [3.05, 3.63) is 0 Å². The molecule has 1 saturated heterocycles. The maximum Gasteiger partial charge on any atom is 0.110 e. The summed E-state index contributed by atoms with van der Waals surface area (Å²) in [6.45, 7) is -0.527. The lowest BCUT2D eigenvalue weighted by molar-refractivity contribution is -0.0705. The Hall–Kier alpha value is 0.540. The Kier molecular flexibility index (Phi) is 4.85. The first-order chi connectivity index (χ1) is 6.16. The first-order valence-corrected chi connectivity index (χ1v) is 6.15. The molecule has 0 amide bonds. The number of thioether (sulfide) groups is 2. The van der Waals surface area contributed by atoms with Gasteiger partial charge in [-0.3, -0.25) is 0 Å². The van der Waals surface area contributed by atoms with Gasteiger partial charge < -0.3 is 20.4 Å². The lowest BCUT2D eigenvalue weighted by Crippen LogP contribution is -2.43. The molecule has 1 heterocycles. The quantitative estimate of drug-likeness (QED) is 0.485. The highest BCUT2D eigenvalue weighted by molar-refractivity contribution is 8.20. The molecule has 3 atom stereocenters. The molecule has 1 aliphatic rings. The zero-order valence-electron chi connectivity index (χ0n) is 7.04. The molecule has 0 bridgehead atoms. The van der Waals surface area contributed by atoms with Gasteiger partial charge >= 0.3 is 0 Å². The molecule has 13 heavy (non-hydrogen) atoms. The monoisotopic (exact) mass is 226 g/mol.